The second-order valence-corrected chi connectivity index (χ2v) is 5.71. The lowest BCUT2D eigenvalue weighted by Crippen LogP contribution is -2.09. The second-order valence-electron chi connectivity index (χ2n) is 5.71. The largest absolute Gasteiger partial charge is 0.462 e. The lowest BCUT2D eigenvalue weighted by Gasteiger charge is -2.12. The van der Waals surface area contributed by atoms with Gasteiger partial charge in [-0.2, -0.15) is 0 Å². The van der Waals surface area contributed by atoms with Gasteiger partial charge >= 0.3 is 5.97 Å². The molecule has 0 aliphatic heterocycles. The Hall–Kier alpha value is -2.63. The number of aryl methyl sites for hydroxylation is 1. The molecule has 0 bridgehead atoms. The smallest absolute Gasteiger partial charge is 0.340 e. The molecule has 1 heterocycles. The topological polar surface area (TPSA) is 76.1 Å². The number of hydrogen-bond acceptors (Lipinski definition) is 6. The highest BCUT2D eigenvalue weighted by Gasteiger charge is 2.13. The van der Waals surface area contributed by atoms with Gasteiger partial charge in [0.05, 0.1) is 17.9 Å². The van der Waals surface area contributed by atoms with Crippen LogP contribution < -0.4 is 10.6 Å². The molecule has 0 unspecified atom stereocenters. The number of ether oxygens (including phenoxy) is 1. The molecular formula is C19H26N4O2. The van der Waals surface area contributed by atoms with E-state index in [1.54, 1.807) is 13.0 Å². The average molecular weight is 342 g/mol. The summed E-state index contributed by atoms with van der Waals surface area (Å²) in [6, 6.07) is 9.09. The Morgan fingerprint density at radius 1 is 1.12 bits per heavy atom. The van der Waals surface area contributed by atoms with Crippen molar-refractivity contribution in [2.24, 2.45) is 0 Å². The zero-order valence-corrected chi connectivity index (χ0v) is 15.1. The maximum absolute atomic E-state index is 12.1. The molecule has 6 nitrogen and oxygen atoms in total. The first-order valence-electron chi connectivity index (χ1n) is 8.76. The number of anilines is 3. The van der Waals surface area contributed by atoms with E-state index in [1.165, 1.54) is 12.8 Å². The molecule has 0 atom stereocenters. The van der Waals surface area contributed by atoms with Crippen molar-refractivity contribution in [3.63, 3.8) is 0 Å². The fourth-order valence-corrected chi connectivity index (χ4v) is 2.43. The van der Waals surface area contributed by atoms with E-state index in [-0.39, 0.29) is 5.97 Å². The number of para-hydroxylation sites is 1. The normalized spacial score (nSPS) is 10.4. The fraction of sp³-hybridized carbons (Fsp3) is 0.421. The lowest BCUT2D eigenvalue weighted by atomic mass is 10.2. The van der Waals surface area contributed by atoms with E-state index >= 15 is 0 Å². The molecule has 0 radical (unpaired) electrons. The van der Waals surface area contributed by atoms with Gasteiger partial charge in [0.1, 0.15) is 17.5 Å². The van der Waals surface area contributed by atoms with Crippen LogP contribution in [0.25, 0.3) is 0 Å². The Balaban J connectivity index is 2.15. The van der Waals surface area contributed by atoms with Gasteiger partial charge in [0.25, 0.3) is 0 Å². The summed E-state index contributed by atoms with van der Waals surface area (Å²) in [6.07, 6.45) is 3.48. The van der Waals surface area contributed by atoms with E-state index in [1.807, 2.05) is 31.2 Å². The maximum atomic E-state index is 12.1. The summed E-state index contributed by atoms with van der Waals surface area (Å²) in [4.78, 5) is 20.9. The van der Waals surface area contributed by atoms with Crippen molar-refractivity contribution >= 4 is 23.3 Å². The fourth-order valence-electron chi connectivity index (χ4n) is 2.43. The molecule has 2 N–H and O–H groups in total. The number of benzene rings is 1. The predicted octanol–water partition coefficient (Wildman–Crippen LogP) is 4.31. The molecule has 25 heavy (non-hydrogen) atoms. The Morgan fingerprint density at radius 3 is 2.64 bits per heavy atom. The number of esters is 1. The van der Waals surface area contributed by atoms with Gasteiger partial charge in [0.15, 0.2) is 0 Å². The molecule has 1 aromatic carbocycles. The highest BCUT2D eigenvalue weighted by molar-refractivity contribution is 5.96. The summed E-state index contributed by atoms with van der Waals surface area (Å²) in [5, 5.41) is 6.52. The standard InChI is InChI=1S/C19H26N4O2/c1-4-6-9-12-20-17-13-18(22-14(3)21-17)23-16-11-8-7-10-15(16)19(24)25-5-2/h7-8,10-11,13H,4-6,9,12H2,1-3H3,(H2,20,21,22,23). The SMILES string of the molecule is CCCCCNc1cc(Nc2ccccc2C(=O)OCC)nc(C)n1. The third-order valence-electron chi connectivity index (χ3n) is 3.61. The van der Waals surface area contributed by atoms with Gasteiger partial charge in [-0.15, -0.1) is 0 Å². The Bertz CT molecular complexity index is 704. The van der Waals surface area contributed by atoms with Gasteiger partial charge in [0.2, 0.25) is 0 Å². The van der Waals surface area contributed by atoms with Gasteiger partial charge in [-0.25, -0.2) is 14.8 Å². The number of carbonyl (C=O) groups excluding carboxylic acids is 1. The van der Waals surface area contributed by atoms with Crippen molar-refractivity contribution in [3.05, 3.63) is 41.7 Å². The van der Waals surface area contributed by atoms with Gasteiger partial charge < -0.3 is 15.4 Å². The summed E-state index contributed by atoms with van der Waals surface area (Å²) in [5.41, 5.74) is 1.15. The van der Waals surface area contributed by atoms with Crippen molar-refractivity contribution in [1.29, 1.82) is 0 Å². The highest BCUT2D eigenvalue weighted by Crippen LogP contribution is 2.22. The Kier molecular flexibility index (Phi) is 7.19. The summed E-state index contributed by atoms with van der Waals surface area (Å²) in [7, 11) is 0. The molecule has 0 saturated carbocycles. The first-order chi connectivity index (χ1) is 12.1. The van der Waals surface area contributed by atoms with Crippen LogP contribution >= 0.6 is 0 Å². The molecule has 0 spiro atoms. The first kappa shape index (κ1) is 18.7. The van der Waals surface area contributed by atoms with E-state index in [0.29, 0.717) is 29.5 Å². The minimum atomic E-state index is -0.353. The number of carbonyl (C=O) groups is 1. The van der Waals surface area contributed by atoms with Crippen LogP contribution in [-0.4, -0.2) is 29.1 Å². The van der Waals surface area contributed by atoms with E-state index < -0.39 is 0 Å². The second kappa shape index (κ2) is 9.61. The van der Waals surface area contributed by atoms with Gasteiger partial charge in [-0.05, 0) is 32.4 Å². The number of nitrogens with zero attached hydrogens (tertiary/aromatic N) is 2. The van der Waals surface area contributed by atoms with Crippen LogP contribution in [0.1, 0.15) is 49.3 Å². The molecule has 0 amide bonds. The van der Waals surface area contributed by atoms with Crippen molar-refractivity contribution in [2.75, 3.05) is 23.8 Å². The monoisotopic (exact) mass is 342 g/mol. The third-order valence-corrected chi connectivity index (χ3v) is 3.61. The minimum absolute atomic E-state index is 0.339. The van der Waals surface area contributed by atoms with Crippen LogP contribution in [-0.2, 0) is 4.74 Å². The molecule has 2 rings (SSSR count). The number of hydrogen-bond donors (Lipinski definition) is 2. The molecule has 0 saturated heterocycles. The van der Waals surface area contributed by atoms with Crippen LogP contribution in [0.3, 0.4) is 0 Å². The zero-order valence-electron chi connectivity index (χ0n) is 15.1. The molecule has 0 aliphatic rings. The quantitative estimate of drug-likeness (QED) is 0.522. The van der Waals surface area contributed by atoms with Crippen molar-refractivity contribution in [1.82, 2.24) is 9.97 Å². The molecule has 0 aliphatic carbocycles. The van der Waals surface area contributed by atoms with Gasteiger partial charge in [-0.3, -0.25) is 0 Å². The highest BCUT2D eigenvalue weighted by atomic mass is 16.5. The molecule has 6 heteroatoms. The van der Waals surface area contributed by atoms with Crippen molar-refractivity contribution in [3.8, 4) is 0 Å². The van der Waals surface area contributed by atoms with Crippen molar-refractivity contribution < 1.29 is 9.53 Å². The summed E-state index contributed by atoms with van der Waals surface area (Å²) >= 11 is 0. The molecule has 0 fully saturated rings. The predicted molar refractivity (Wildman–Crippen MR) is 100 cm³/mol. The molecular weight excluding hydrogens is 316 g/mol. The minimum Gasteiger partial charge on any atom is -0.462 e. The molecule has 2 aromatic rings. The number of nitrogens with one attached hydrogen (secondary N) is 2. The summed E-state index contributed by atoms with van der Waals surface area (Å²) < 4.78 is 5.11. The number of aromatic nitrogens is 2. The number of unbranched alkanes of at least 4 members (excludes halogenated alkanes) is 2. The average Bonchev–Trinajstić information content (AvgIpc) is 2.59. The van der Waals surface area contributed by atoms with Crippen LogP contribution in [0.5, 0.6) is 0 Å². The zero-order chi connectivity index (χ0) is 18.1. The van der Waals surface area contributed by atoms with E-state index in [4.69, 9.17) is 4.74 Å². The Labute approximate surface area is 149 Å². The molecule has 1 aromatic heterocycles. The van der Waals surface area contributed by atoms with E-state index in [2.05, 4.69) is 27.5 Å². The van der Waals surface area contributed by atoms with Gasteiger partial charge in [-0.1, -0.05) is 31.9 Å². The lowest BCUT2D eigenvalue weighted by molar-refractivity contribution is 0.0527. The van der Waals surface area contributed by atoms with Crippen molar-refractivity contribution in [2.45, 2.75) is 40.0 Å². The van der Waals surface area contributed by atoms with E-state index in [0.717, 1.165) is 18.8 Å². The van der Waals surface area contributed by atoms with E-state index in [9.17, 15) is 4.79 Å². The summed E-state index contributed by atoms with van der Waals surface area (Å²) in [5.74, 6) is 1.73. The molecule has 134 valence electrons. The Morgan fingerprint density at radius 2 is 1.88 bits per heavy atom. The number of rotatable bonds is 9. The maximum Gasteiger partial charge on any atom is 0.340 e. The van der Waals surface area contributed by atoms with Crippen LogP contribution in [0.15, 0.2) is 30.3 Å². The third kappa shape index (κ3) is 5.74. The first-order valence-corrected chi connectivity index (χ1v) is 8.76. The van der Waals surface area contributed by atoms with Crippen LogP contribution in [0.4, 0.5) is 17.3 Å². The van der Waals surface area contributed by atoms with Crippen LogP contribution in [0, 0.1) is 6.92 Å². The van der Waals surface area contributed by atoms with Crippen LogP contribution in [0.2, 0.25) is 0 Å². The van der Waals surface area contributed by atoms with Gasteiger partial charge in [0, 0.05) is 12.6 Å². The summed E-state index contributed by atoms with van der Waals surface area (Å²) in [6.45, 7) is 7.03.